The SMILES string of the molecule is Cc1cc(C(=O)N2CCN(CCNC(=O)C(C)(C)Oc3ccc(Cl)cc3)CC2)no1. The van der Waals surface area contributed by atoms with Crippen molar-refractivity contribution in [2.45, 2.75) is 26.4 Å². The van der Waals surface area contributed by atoms with Crippen molar-refractivity contribution in [3.05, 3.63) is 46.8 Å². The monoisotopic (exact) mass is 434 g/mol. The highest BCUT2D eigenvalue weighted by Crippen LogP contribution is 2.21. The summed E-state index contributed by atoms with van der Waals surface area (Å²) in [6, 6.07) is 8.56. The summed E-state index contributed by atoms with van der Waals surface area (Å²) in [5.41, 5.74) is -0.662. The third-order valence-corrected chi connectivity index (χ3v) is 5.21. The Bertz CT molecular complexity index is 873. The molecule has 0 spiro atoms. The van der Waals surface area contributed by atoms with Gasteiger partial charge in [0.2, 0.25) is 0 Å². The fourth-order valence-electron chi connectivity index (χ4n) is 3.19. The van der Waals surface area contributed by atoms with Gasteiger partial charge in [0.25, 0.3) is 11.8 Å². The second-order valence-corrected chi connectivity index (χ2v) is 8.22. The zero-order valence-corrected chi connectivity index (χ0v) is 18.2. The number of hydrogen-bond acceptors (Lipinski definition) is 6. The number of aryl methyl sites for hydroxylation is 1. The van der Waals surface area contributed by atoms with Gasteiger partial charge < -0.3 is 19.5 Å². The highest BCUT2D eigenvalue weighted by atomic mass is 35.5. The van der Waals surface area contributed by atoms with E-state index in [9.17, 15) is 9.59 Å². The Morgan fingerprint density at radius 3 is 2.47 bits per heavy atom. The molecule has 0 radical (unpaired) electrons. The number of hydrogen-bond donors (Lipinski definition) is 1. The van der Waals surface area contributed by atoms with Gasteiger partial charge in [-0.15, -0.1) is 0 Å². The molecule has 0 unspecified atom stereocenters. The molecule has 1 aliphatic rings. The zero-order valence-electron chi connectivity index (χ0n) is 17.5. The first-order valence-electron chi connectivity index (χ1n) is 9.92. The maximum absolute atomic E-state index is 12.5. The van der Waals surface area contributed by atoms with Crippen LogP contribution in [0, 0.1) is 6.92 Å². The summed E-state index contributed by atoms with van der Waals surface area (Å²) in [6.07, 6.45) is 0. The number of halogens is 1. The molecule has 1 saturated heterocycles. The molecule has 9 heteroatoms. The fraction of sp³-hybridized carbons (Fsp3) is 0.476. The van der Waals surface area contributed by atoms with Crippen LogP contribution in [0.15, 0.2) is 34.9 Å². The van der Waals surface area contributed by atoms with E-state index in [1.54, 1.807) is 56.0 Å². The van der Waals surface area contributed by atoms with Crippen LogP contribution in [0.25, 0.3) is 0 Å². The summed E-state index contributed by atoms with van der Waals surface area (Å²) in [5, 5.41) is 7.33. The molecule has 1 aliphatic heterocycles. The van der Waals surface area contributed by atoms with E-state index >= 15 is 0 Å². The van der Waals surface area contributed by atoms with Crippen LogP contribution in [-0.2, 0) is 4.79 Å². The van der Waals surface area contributed by atoms with Crippen LogP contribution in [0.1, 0.15) is 30.1 Å². The molecule has 1 fully saturated rings. The average molecular weight is 435 g/mol. The summed E-state index contributed by atoms with van der Waals surface area (Å²) in [7, 11) is 0. The normalized spacial score (nSPS) is 15.1. The first-order valence-corrected chi connectivity index (χ1v) is 10.3. The van der Waals surface area contributed by atoms with E-state index in [0.29, 0.717) is 48.4 Å². The lowest BCUT2D eigenvalue weighted by atomic mass is 10.1. The summed E-state index contributed by atoms with van der Waals surface area (Å²) in [5.74, 6) is 0.909. The standard InChI is InChI=1S/C21H27ClN4O4/c1-15-14-18(24-30-15)19(27)26-12-10-25(11-13-26)9-8-23-20(28)21(2,3)29-17-6-4-16(22)5-7-17/h4-7,14H,8-13H2,1-3H3,(H,23,28). The van der Waals surface area contributed by atoms with E-state index in [4.69, 9.17) is 20.9 Å². The number of nitrogens with one attached hydrogen (secondary N) is 1. The first kappa shape index (κ1) is 22.1. The van der Waals surface area contributed by atoms with E-state index < -0.39 is 5.60 Å². The van der Waals surface area contributed by atoms with Crippen molar-refractivity contribution in [1.29, 1.82) is 0 Å². The number of benzene rings is 1. The van der Waals surface area contributed by atoms with Gasteiger partial charge >= 0.3 is 0 Å². The van der Waals surface area contributed by atoms with E-state index in [2.05, 4.69) is 15.4 Å². The van der Waals surface area contributed by atoms with Crippen molar-refractivity contribution < 1.29 is 18.8 Å². The molecule has 0 aliphatic carbocycles. The van der Waals surface area contributed by atoms with Gasteiger partial charge in [0.15, 0.2) is 11.3 Å². The number of carbonyl (C=O) groups is 2. The van der Waals surface area contributed by atoms with Gasteiger partial charge in [-0.1, -0.05) is 16.8 Å². The summed E-state index contributed by atoms with van der Waals surface area (Å²) in [4.78, 5) is 28.9. The number of ether oxygens (including phenoxy) is 1. The summed E-state index contributed by atoms with van der Waals surface area (Å²) >= 11 is 5.88. The van der Waals surface area contributed by atoms with Gasteiger partial charge in [0, 0.05) is 50.4 Å². The highest BCUT2D eigenvalue weighted by Gasteiger charge is 2.30. The molecule has 1 aromatic heterocycles. The van der Waals surface area contributed by atoms with Crippen LogP contribution in [0.4, 0.5) is 0 Å². The van der Waals surface area contributed by atoms with E-state index in [-0.39, 0.29) is 11.8 Å². The molecule has 2 amide bonds. The lowest BCUT2D eigenvalue weighted by Crippen LogP contribution is -2.52. The van der Waals surface area contributed by atoms with Gasteiger partial charge in [-0.2, -0.15) is 0 Å². The fourth-order valence-corrected chi connectivity index (χ4v) is 3.31. The average Bonchev–Trinajstić information content (AvgIpc) is 3.16. The van der Waals surface area contributed by atoms with Gasteiger partial charge in [-0.3, -0.25) is 14.5 Å². The Morgan fingerprint density at radius 1 is 1.20 bits per heavy atom. The van der Waals surface area contributed by atoms with E-state index in [1.807, 2.05) is 0 Å². The molecule has 1 aromatic carbocycles. The Balaban J connectivity index is 1.39. The molecule has 2 aromatic rings. The summed E-state index contributed by atoms with van der Waals surface area (Å²) in [6.45, 7) is 9.13. The summed E-state index contributed by atoms with van der Waals surface area (Å²) < 4.78 is 10.8. The first-order chi connectivity index (χ1) is 14.2. The van der Waals surface area contributed by atoms with Crippen LogP contribution < -0.4 is 10.1 Å². The van der Waals surface area contributed by atoms with Crippen LogP contribution in [0.5, 0.6) is 5.75 Å². The number of carbonyl (C=O) groups excluding carboxylic acids is 2. The smallest absolute Gasteiger partial charge is 0.276 e. The molecular formula is C21H27ClN4O4. The molecule has 8 nitrogen and oxygen atoms in total. The third kappa shape index (κ3) is 5.73. The van der Waals surface area contributed by atoms with E-state index in [0.717, 1.165) is 13.1 Å². The van der Waals surface area contributed by atoms with Crippen molar-refractivity contribution in [2.24, 2.45) is 0 Å². The van der Waals surface area contributed by atoms with Crippen LogP contribution in [-0.4, -0.2) is 71.6 Å². The molecule has 3 rings (SSSR count). The van der Waals surface area contributed by atoms with E-state index in [1.165, 1.54) is 0 Å². The minimum atomic E-state index is -1.01. The van der Waals surface area contributed by atoms with Crippen LogP contribution in [0.2, 0.25) is 5.02 Å². The van der Waals surface area contributed by atoms with Gasteiger partial charge in [-0.25, -0.2) is 0 Å². The van der Waals surface area contributed by atoms with Crippen LogP contribution in [0.3, 0.4) is 0 Å². The number of nitrogens with zero attached hydrogens (tertiary/aromatic N) is 3. The van der Waals surface area contributed by atoms with Crippen molar-refractivity contribution >= 4 is 23.4 Å². The highest BCUT2D eigenvalue weighted by molar-refractivity contribution is 6.30. The Labute approximate surface area is 181 Å². The molecule has 162 valence electrons. The van der Waals surface area contributed by atoms with Gasteiger partial charge in [-0.05, 0) is 45.0 Å². The van der Waals surface area contributed by atoms with Crippen molar-refractivity contribution in [3.63, 3.8) is 0 Å². The lowest BCUT2D eigenvalue weighted by Gasteiger charge is -2.34. The topological polar surface area (TPSA) is 87.9 Å². The van der Waals surface area contributed by atoms with Crippen molar-refractivity contribution in [2.75, 3.05) is 39.3 Å². The molecule has 2 heterocycles. The molecule has 0 saturated carbocycles. The number of amides is 2. The largest absolute Gasteiger partial charge is 0.478 e. The maximum atomic E-state index is 12.5. The number of piperazine rings is 1. The Hall–Kier alpha value is -2.58. The quantitative estimate of drug-likeness (QED) is 0.719. The second kappa shape index (κ2) is 9.49. The zero-order chi connectivity index (χ0) is 21.7. The van der Waals surface area contributed by atoms with Crippen LogP contribution >= 0.6 is 11.6 Å². The third-order valence-electron chi connectivity index (χ3n) is 4.95. The van der Waals surface area contributed by atoms with Crippen molar-refractivity contribution in [1.82, 2.24) is 20.3 Å². The minimum Gasteiger partial charge on any atom is -0.478 e. The molecule has 0 bridgehead atoms. The van der Waals surface area contributed by atoms with Crippen molar-refractivity contribution in [3.8, 4) is 5.75 Å². The maximum Gasteiger partial charge on any atom is 0.276 e. The minimum absolute atomic E-state index is 0.110. The predicted octanol–water partition coefficient (Wildman–Crippen LogP) is 2.37. The van der Waals surface area contributed by atoms with Gasteiger partial charge in [0.05, 0.1) is 0 Å². The molecule has 30 heavy (non-hydrogen) atoms. The predicted molar refractivity (Wildman–Crippen MR) is 113 cm³/mol. The Morgan fingerprint density at radius 2 is 1.87 bits per heavy atom. The number of aromatic nitrogens is 1. The molecule has 0 atom stereocenters. The molecular weight excluding hydrogens is 408 g/mol. The second-order valence-electron chi connectivity index (χ2n) is 7.78. The number of rotatable bonds is 7. The lowest BCUT2D eigenvalue weighted by molar-refractivity contribution is -0.134. The van der Waals surface area contributed by atoms with Gasteiger partial charge in [0.1, 0.15) is 11.5 Å². The Kier molecular flexibility index (Phi) is 6.99. The molecule has 1 N–H and O–H groups in total.